The molecule has 0 saturated carbocycles. The van der Waals surface area contributed by atoms with Crippen molar-refractivity contribution in [3.05, 3.63) is 29.6 Å². The van der Waals surface area contributed by atoms with Crippen LogP contribution in [-0.2, 0) is 11.2 Å². The molecule has 1 amide bonds. The van der Waals surface area contributed by atoms with Crippen LogP contribution in [-0.4, -0.2) is 25.0 Å². The van der Waals surface area contributed by atoms with Gasteiger partial charge in [-0.05, 0) is 43.5 Å². The van der Waals surface area contributed by atoms with Crippen molar-refractivity contribution in [1.29, 1.82) is 0 Å². The summed E-state index contributed by atoms with van der Waals surface area (Å²) in [6, 6.07) is 4.63. The lowest BCUT2D eigenvalue weighted by molar-refractivity contribution is -0.121. The Morgan fingerprint density at radius 2 is 2.21 bits per heavy atom. The lowest BCUT2D eigenvalue weighted by atomic mass is 10.0. The van der Waals surface area contributed by atoms with E-state index in [-0.39, 0.29) is 30.2 Å². The Morgan fingerprint density at radius 3 is 2.95 bits per heavy atom. The summed E-state index contributed by atoms with van der Waals surface area (Å²) in [6.45, 7) is 1.58. The molecule has 19 heavy (non-hydrogen) atoms. The number of carbonyl (C=O) groups is 1. The lowest BCUT2D eigenvalue weighted by Gasteiger charge is -2.27. The van der Waals surface area contributed by atoms with Gasteiger partial charge in [0, 0.05) is 12.2 Å². The Labute approximate surface area is 118 Å². The molecule has 1 N–H and O–H groups in total. The van der Waals surface area contributed by atoms with Crippen LogP contribution in [0.3, 0.4) is 0 Å². The van der Waals surface area contributed by atoms with Gasteiger partial charge in [0.2, 0.25) is 5.91 Å². The van der Waals surface area contributed by atoms with Gasteiger partial charge in [-0.3, -0.25) is 4.79 Å². The van der Waals surface area contributed by atoms with Crippen molar-refractivity contribution in [2.24, 2.45) is 0 Å². The molecule has 0 spiro atoms. The fraction of sp³-hybridized carbons (Fsp3) is 0.500. The molecule has 5 heteroatoms. The van der Waals surface area contributed by atoms with Gasteiger partial charge >= 0.3 is 0 Å². The Morgan fingerprint density at radius 1 is 1.37 bits per heavy atom. The highest BCUT2D eigenvalue weighted by molar-refractivity contribution is 5.99. The quantitative estimate of drug-likeness (QED) is 0.858. The molecule has 2 heterocycles. The number of fused-ring (bicyclic) bond motifs is 1. The maximum Gasteiger partial charge on any atom is 0.244 e. The first-order chi connectivity index (χ1) is 8.75. The second-order valence-electron chi connectivity index (χ2n) is 5.02. The van der Waals surface area contributed by atoms with Gasteiger partial charge in [-0.2, -0.15) is 0 Å². The highest BCUT2D eigenvalue weighted by atomic mass is 35.5. The number of anilines is 1. The van der Waals surface area contributed by atoms with Crippen molar-refractivity contribution in [2.45, 2.75) is 31.7 Å². The zero-order chi connectivity index (χ0) is 12.5. The van der Waals surface area contributed by atoms with E-state index in [0.29, 0.717) is 6.54 Å². The SMILES string of the molecule is Cl.O=C(C1CCCCN1)N1CCc2ccc(F)cc21. The first kappa shape index (κ1) is 14.3. The molecular formula is C14H18ClFN2O. The maximum absolute atomic E-state index is 13.3. The molecule has 0 aromatic heterocycles. The van der Waals surface area contributed by atoms with Crippen molar-refractivity contribution in [1.82, 2.24) is 5.32 Å². The average Bonchev–Trinajstić information content (AvgIpc) is 2.82. The van der Waals surface area contributed by atoms with Crippen molar-refractivity contribution < 1.29 is 9.18 Å². The van der Waals surface area contributed by atoms with E-state index in [9.17, 15) is 9.18 Å². The van der Waals surface area contributed by atoms with E-state index >= 15 is 0 Å². The number of halogens is 2. The summed E-state index contributed by atoms with van der Waals surface area (Å²) in [4.78, 5) is 14.2. The van der Waals surface area contributed by atoms with Gasteiger partial charge in [-0.25, -0.2) is 4.39 Å². The monoisotopic (exact) mass is 284 g/mol. The molecule has 0 radical (unpaired) electrons. The van der Waals surface area contributed by atoms with Crippen LogP contribution in [0, 0.1) is 5.82 Å². The third kappa shape index (κ3) is 2.74. The zero-order valence-electron chi connectivity index (χ0n) is 10.7. The number of carbonyl (C=O) groups excluding carboxylic acids is 1. The third-order valence-electron chi connectivity index (χ3n) is 3.82. The predicted octanol–water partition coefficient (Wildman–Crippen LogP) is 2.28. The van der Waals surface area contributed by atoms with Gasteiger partial charge in [0.15, 0.2) is 0 Å². The van der Waals surface area contributed by atoms with E-state index in [1.807, 2.05) is 0 Å². The summed E-state index contributed by atoms with van der Waals surface area (Å²) < 4.78 is 13.3. The number of hydrogen-bond acceptors (Lipinski definition) is 2. The number of hydrogen-bond donors (Lipinski definition) is 1. The van der Waals surface area contributed by atoms with Crippen molar-refractivity contribution in [3.8, 4) is 0 Å². The summed E-state index contributed by atoms with van der Waals surface area (Å²) in [5.41, 5.74) is 1.83. The second-order valence-corrected chi connectivity index (χ2v) is 5.02. The number of amides is 1. The minimum Gasteiger partial charge on any atom is -0.310 e. The van der Waals surface area contributed by atoms with E-state index < -0.39 is 0 Å². The summed E-state index contributed by atoms with van der Waals surface area (Å²) >= 11 is 0. The van der Waals surface area contributed by atoms with Crippen LogP contribution in [0.1, 0.15) is 24.8 Å². The Bertz CT molecular complexity index is 475. The predicted molar refractivity (Wildman–Crippen MR) is 75.3 cm³/mol. The number of nitrogens with zero attached hydrogens (tertiary/aromatic N) is 1. The standard InChI is InChI=1S/C14H17FN2O.ClH/c15-11-5-4-10-6-8-17(13(10)9-11)14(18)12-3-1-2-7-16-12;/h4-5,9,12,16H,1-3,6-8H2;1H. The minimum atomic E-state index is -0.273. The van der Waals surface area contributed by atoms with Crippen LogP contribution >= 0.6 is 12.4 Å². The van der Waals surface area contributed by atoms with Crippen LogP contribution in [0.5, 0.6) is 0 Å². The molecule has 0 bridgehead atoms. The summed E-state index contributed by atoms with van der Waals surface area (Å²) in [5, 5.41) is 3.26. The van der Waals surface area contributed by atoms with E-state index in [4.69, 9.17) is 0 Å². The summed E-state index contributed by atoms with van der Waals surface area (Å²) in [6.07, 6.45) is 3.94. The van der Waals surface area contributed by atoms with Gasteiger partial charge in [0.1, 0.15) is 5.82 Å². The molecule has 1 saturated heterocycles. The van der Waals surface area contributed by atoms with Gasteiger partial charge in [0.25, 0.3) is 0 Å². The lowest BCUT2D eigenvalue weighted by Crippen LogP contribution is -2.48. The van der Waals surface area contributed by atoms with Crippen molar-refractivity contribution in [2.75, 3.05) is 18.0 Å². The normalized spacial score (nSPS) is 21.7. The largest absolute Gasteiger partial charge is 0.310 e. The molecule has 1 atom stereocenters. The molecule has 1 aromatic rings. The minimum absolute atomic E-state index is 0. The number of nitrogens with one attached hydrogen (secondary N) is 1. The highest BCUT2D eigenvalue weighted by Gasteiger charge is 2.30. The van der Waals surface area contributed by atoms with Crippen molar-refractivity contribution >= 4 is 24.0 Å². The highest BCUT2D eigenvalue weighted by Crippen LogP contribution is 2.29. The molecule has 104 valence electrons. The first-order valence-corrected chi connectivity index (χ1v) is 6.59. The smallest absolute Gasteiger partial charge is 0.244 e. The molecule has 2 aliphatic rings. The van der Waals surface area contributed by atoms with E-state index in [1.165, 1.54) is 12.1 Å². The number of benzene rings is 1. The van der Waals surface area contributed by atoms with E-state index in [2.05, 4.69) is 5.32 Å². The molecule has 1 unspecified atom stereocenters. The third-order valence-corrected chi connectivity index (χ3v) is 3.82. The molecular weight excluding hydrogens is 267 g/mol. The summed E-state index contributed by atoms with van der Waals surface area (Å²) in [7, 11) is 0. The van der Waals surface area contributed by atoms with Gasteiger partial charge in [-0.1, -0.05) is 12.5 Å². The first-order valence-electron chi connectivity index (χ1n) is 6.59. The van der Waals surface area contributed by atoms with Crippen LogP contribution in [0.4, 0.5) is 10.1 Å². The van der Waals surface area contributed by atoms with Crippen LogP contribution in [0.25, 0.3) is 0 Å². The fourth-order valence-corrected chi connectivity index (χ4v) is 2.83. The van der Waals surface area contributed by atoms with Gasteiger partial charge < -0.3 is 10.2 Å². The molecule has 3 rings (SSSR count). The van der Waals surface area contributed by atoms with Crippen molar-refractivity contribution in [3.63, 3.8) is 0 Å². The maximum atomic E-state index is 13.3. The Kier molecular flexibility index (Phi) is 4.42. The number of piperidine rings is 1. The van der Waals surface area contributed by atoms with Crippen LogP contribution in [0.15, 0.2) is 18.2 Å². The molecule has 3 nitrogen and oxygen atoms in total. The molecule has 1 fully saturated rings. The van der Waals surface area contributed by atoms with E-state index in [0.717, 1.165) is 43.5 Å². The van der Waals surface area contributed by atoms with E-state index in [1.54, 1.807) is 11.0 Å². The Hall–Kier alpha value is -1.13. The average molecular weight is 285 g/mol. The second kappa shape index (κ2) is 5.88. The van der Waals surface area contributed by atoms with Gasteiger partial charge in [0.05, 0.1) is 6.04 Å². The molecule has 2 aliphatic heterocycles. The fourth-order valence-electron chi connectivity index (χ4n) is 2.83. The summed E-state index contributed by atoms with van der Waals surface area (Å²) in [5.74, 6) is -0.177. The molecule has 1 aromatic carbocycles. The zero-order valence-corrected chi connectivity index (χ0v) is 11.5. The Balaban J connectivity index is 0.00000133. The topological polar surface area (TPSA) is 32.3 Å². The van der Waals surface area contributed by atoms with Crippen LogP contribution < -0.4 is 10.2 Å². The number of rotatable bonds is 1. The van der Waals surface area contributed by atoms with Gasteiger partial charge in [-0.15, -0.1) is 12.4 Å². The molecule has 0 aliphatic carbocycles. The van der Waals surface area contributed by atoms with Crippen LogP contribution in [0.2, 0.25) is 0 Å².